The van der Waals surface area contributed by atoms with Crippen molar-refractivity contribution in [3.05, 3.63) is 70.0 Å². The SMILES string of the molecule is Cc1ccc(Cn2nc(C)c(C(=O)OCC(=O)Nc3cccc4nsnc34)c2Cl)cc1. The third-order valence-corrected chi connectivity index (χ3v) is 5.54. The van der Waals surface area contributed by atoms with E-state index in [1.165, 1.54) is 4.68 Å². The average Bonchev–Trinajstić information content (AvgIpc) is 3.33. The topological polar surface area (TPSA) is 99.0 Å². The Morgan fingerprint density at radius 2 is 1.90 bits per heavy atom. The van der Waals surface area contributed by atoms with Crippen LogP contribution in [0, 0.1) is 13.8 Å². The number of hydrogen-bond donors (Lipinski definition) is 1. The number of aryl methyl sites for hydroxylation is 2. The summed E-state index contributed by atoms with van der Waals surface area (Å²) in [4.78, 5) is 24.8. The number of benzene rings is 2. The third kappa shape index (κ3) is 4.57. The van der Waals surface area contributed by atoms with Gasteiger partial charge in [0.1, 0.15) is 21.7 Å². The molecular weight excluding hydrogens is 438 g/mol. The molecule has 0 saturated carbocycles. The van der Waals surface area contributed by atoms with Crippen LogP contribution in [0.2, 0.25) is 5.15 Å². The van der Waals surface area contributed by atoms with Gasteiger partial charge in [-0.05, 0) is 31.5 Å². The number of nitrogens with zero attached hydrogens (tertiary/aromatic N) is 4. The summed E-state index contributed by atoms with van der Waals surface area (Å²) in [5.41, 5.74) is 4.50. The monoisotopic (exact) mass is 455 g/mol. The minimum absolute atomic E-state index is 0.146. The van der Waals surface area contributed by atoms with Gasteiger partial charge in [-0.2, -0.15) is 13.8 Å². The van der Waals surface area contributed by atoms with E-state index in [-0.39, 0.29) is 10.7 Å². The molecule has 0 saturated heterocycles. The van der Waals surface area contributed by atoms with E-state index in [9.17, 15) is 9.59 Å². The molecule has 158 valence electrons. The lowest BCUT2D eigenvalue weighted by molar-refractivity contribution is -0.119. The van der Waals surface area contributed by atoms with Crippen molar-refractivity contribution in [2.24, 2.45) is 0 Å². The number of anilines is 1. The number of ether oxygens (including phenoxy) is 1. The first kappa shape index (κ1) is 21.0. The van der Waals surface area contributed by atoms with Crippen LogP contribution in [0.1, 0.15) is 27.2 Å². The minimum Gasteiger partial charge on any atom is -0.452 e. The lowest BCUT2D eigenvalue weighted by atomic mass is 10.1. The molecule has 2 heterocycles. The number of halogens is 1. The van der Waals surface area contributed by atoms with E-state index in [1.807, 2.05) is 31.2 Å². The second-order valence-electron chi connectivity index (χ2n) is 6.96. The number of fused-ring (bicyclic) bond motifs is 1. The van der Waals surface area contributed by atoms with Gasteiger partial charge in [0.2, 0.25) is 0 Å². The van der Waals surface area contributed by atoms with Gasteiger partial charge in [-0.25, -0.2) is 9.48 Å². The molecule has 1 N–H and O–H groups in total. The molecule has 0 aliphatic rings. The van der Waals surface area contributed by atoms with Crippen LogP contribution in [0.15, 0.2) is 42.5 Å². The van der Waals surface area contributed by atoms with Crippen LogP contribution in [0.5, 0.6) is 0 Å². The minimum atomic E-state index is -0.707. The summed E-state index contributed by atoms with van der Waals surface area (Å²) in [6.07, 6.45) is 0. The number of esters is 1. The van der Waals surface area contributed by atoms with Crippen LogP contribution >= 0.6 is 23.3 Å². The zero-order valence-electron chi connectivity index (χ0n) is 16.8. The largest absolute Gasteiger partial charge is 0.452 e. The Hall–Kier alpha value is -3.30. The van der Waals surface area contributed by atoms with Crippen LogP contribution in [-0.4, -0.2) is 37.0 Å². The van der Waals surface area contributed by atoms with Crippen molar-refractivity contribution < 1.29 is 14.3 Å². The number of hydrogen-bond acceptors (Lipinski definition) is 7. The molecule has 2 aromatic heterocycles. The predicted molar refractivity (Wildman–Crippen MR) is 119 cm³/mol. The predicted octanol–water partition coefficient (Wildman–Crippen LogP) is 4.00. The molecule has 10 heteroatoms. The van der Waals surface area contributed by atoms with Gasteiger partial charge in [0.25, 0.3) is 5.91 Å². The number of carbonyl (C=O) groups is 2. The summed E-state index contributed by atoms with van der Waals surface area (Å²) in [5, 5.41) is 7.19. The molecule has 0 aliphatic heterocycles. The van der Waals surface area contributed by atoms with Gasteiger partial charge < -0.3 is 10.1 Å². The fraction of sp³-hybridized carbons (Fsp3) is 0.190. The highest BCUT2D eigenvalue weighted by Crippen LogP contribution is 2.23. The summed E-state index contributed by atoms with van der Waals surface area (Å²) in [7, 11) is 0. The van der Waals surface area contributed by atoms with Crippen molar-refractivity contribution in [1.29, 1.82) is 0 Å². The number of rotatable bonds is 6. The Kier molecular flexibility index (Phi) is 5.97. The van der Waals surface area contributed by atoms with Crippen molar-refractivity contribution in [1.82, 2.24) is 18.5 Å². The van der Waals surface area contributed by atoms with Crippen molar-refractivity contribution in [3.8, 4) is 0 Å². The number of amides is 1. The first-order valence-electron chi connectivity index (χ1n) is 9.39. The molecular formula is C21H18ClN5O3S. The number of aromatic nitrogens is 4. The standard InChI is InChI=1S/C21H18ClN5O3S/c1-12-6-8-14(9-7-12)10-27-20(22)18(13(2)24-27)21(29)30-11-17(28)23-15-4-3-5-16-19(15)26-31-25-16/h3-9H,10-11H2,1-2H3,(H,23,28). The molecule has 4 aromatic rings. The Bertz CT molecular complexity index is 1270. The average molecular weight is 456 g/mol. The highest BCUT2D eigenvalue weighted by atomic mass is 35.5. The van der Waals surface area contributed by atoms with Crippen LogP contribution in [-0.2, 0) is 16.1 Å². The van der Waals surface area contributed by atoms with Gasteiger partial charge >= 0.3 is 5.97 Å². The molecule has 0 fully saturated rings. The zero-order valence-corrected chi connectivity index (χ0v) is 18.3. The smallest absolute Gasteiger partial charge is 0.343 e. The second kappa shape index (κ2) is 8.83. The van der Waals surface area contributed by atoms with E-state index < -0.39 is 18.5 Å². The first-order valence-corrected chi connectivity index (χ1v) is 10.5. The molecule has 0 radical (unpaired) electrons. The quantitative estimate of drug-likeness (QED) is 0.441. The third-order valence-electron chi connectivity index (χ3n) is 4.62. The van der Waals surface area contributed by atoms with Gasteiger partial charge in [-0.15, -0.1) is 0 Å². The maximum Gasteiger partial charge on any atom is 0.343 e. The Morgan fingerprint density at radius 3 is 2.68 bits per heavy atom. The van der Waals surface area contributed by atoms with E-state index in [2.05, 4.69) is 19.2 Å². The molecule has 0 spiro atoms. The number of nitrogens with one attached hydrogen (secondary N) is 1. The zero-order chi connectivity index (χ0) is 22.0. The molecule has 1 amide bonds. The van der Waals surface area contributed by atoms with Crippen LogP contribution in [0.3, 0.4) is 0 Å². The molecule has 31 heavy (non-hydrogen) atoms. The summed E-state index contributed by atoms with van der Waals surface area (Å²) in [6, 6.07) is 13.2. The van der Waals surface area contributed by atoms with Gasteiger partial charge in [0.15, 0.2) is 6.61 Å². The molecule has 0 atom stereocenters. The van der Waals surface area contributed by atoms with Crippen molar-refractivity contribution in [3.63, 3.8) is 0 Å². The normalized spacial score (nSPS) is 10.9. The van der Waals surface area contributed by atoms with Gasteiger partial charge in [-0.1, -0.05) is 47.5 Å². The van der Waals surface area contributed by atoms with Crippen molar-refractivity contribution in [2.75, 3.05) is 11.9 Å². The van der Waals surface area contributed by atoms with Crippen LogP contribution in [0.25, 0.3) is 11.0 Å². The highest BCUT2D eigenvalue weighted by Gasteiger charge is 2.23. The lowest BCUT2D eigenvalue weighted by Gasteiger charge is -2.07. The molecule has 0 unspecified atom stereocenters. The maximum absolute atomic E-state index is 12.6. The second-order valence-corrected chi connectivity index (χ2v) is 7.84. The fourth-order valence-corrected chi connectivity index (χ4v) is 3.91. The Balaban J connectivity index is 1.41. The lowest BCUT2D eigenvalue weighted by Crippen LogP contribution is -2.21. The van der Waals surface area contributed by atoms with Gasteiger partial charge in [0, 0.05) is 0 Å². The molecule has 0 aliphatic carbocycles. The van der Waals surface area contributed by atoms with Gasteiger partial charge in [-0.3, -0.25) is 4.79 Å². The van der Waals surface area contributed by atoms with E-state index in [0.29, 0.717) is 29.0 Å². The maximum atomic E-state index is 12.6. The van der Waals surface area contributed by atoms with E-state index in [0.717, 1.165) is 22.9 Å². The molecule has 2 aromatic carbocycles. The highest BCUT2D eigenvalue weighted by molar-refractivity contribution is 7.00. The van der Waals surface area contributed by atoms with E-state index in [4.69, 9.17) is 16.3 Å². The summed E-state index contributed by atoms with van der Waals surface area (Å²) in [6.45, 7) is 3.63. The molecule has 8 nitrogen and oxygen atoms in total. The van der Waals surface area contributed by atoms with E-state index in [1.54, 1.807) is 25.1 Å². The Labute approximate surface area is 187 Å². The summed E-state index contributed by atoms with van der Waals surface area (Å²) >= 11 is 7.44. The van der Waals surface area contributed by atoms with Gasteiger partial charge in [0.05, 0.1) is 29.7 Å². The summed E-state index contributed by atoms with van der Waals surface area (Å²) < 4.78 is 15.0. The van der Waals surface area contributed by atoms with E-state index >= 15 is 0 Å². The van der Waals surface area contributed by atoms with Crippen LogP contribution in [0.4, 0.5) is 5.69 Å². The molecule has 4 rings (SSSR count). The first-order chi connectivity index (χ1) is 14.9. The number of carbonyl (C=O) groups excluding carboxylic acids is 2. The van der Waals surface area contributed by atoms with Crippen molar-refractivity contribution in [2.45, 2.75) is 20.4 Å². The fourth-order valence-electron chi connectivity index (χ4n) is 3.05. The van der Waals surface area contributed by atoms with Crippen LogP contribution < -0.4 is 5.32 Å². The van der Waals surface area contributed by atoms with Crippen molar-refractivity contribution >= 4 is 51.9 Å². The summed E-state index contributed by atoms with van der Waals surface area (Å²) in [5.74, 6) is -1.20. The molecule has 0 bridgehead atoms. The Morgan fingerprint density at radius 1 is 1.13 bits per heavy atom.